The lowest BCUT2D eigenvalue weighted by atomic mass is 9.75. The van der Waals surface area contributed by atoms with Gasteiger partial charge in [-0.05, 0) is 44.0 Å². The number of hydrogen-bond donors (Lipinski definition) is 1. The van der Waals surface area contributed by atoms with Gasteiger partial charge in [0.1, 0.15) is 0 Å². The van der Waals surface area contributed by atoms with Crippen LogP contribution in [0.4, 0.5) is 5.69 Å². The van der Waals surface area contributed by atoms with Gasteiger partial charge in [0.25, 0.3) is 0 Å². The molecule has 0 saturated carbocycles. The first-order chi connectivity index (χ1) is 8.76. The van der Waals surface area contributed by atoms with E-state index in [9.17, 15) is 4.79 Å². The minimum Gasteiger partial charge on any atom is -0.325 e. The summed E-state index contributed by atoms with van der Waals surface area (Å²) in [5.74, 6) is 0.199. The number of hydrogen-bond acceptors (Lipinski definition) is 2. The van der Waals surface area contributed by atoms with Crippen molar-refractivity contribution in [2.75, 3.05) is 25.0 Å². The number of anilines is 1. The lowest BCUT2D eigenvalue weighted by molar-refractivity contribution is -0.122. The maximum Gasteiger partial charge on any atom is 0.236 e. The molecular formula is C15H21ClN2O. The van der Waals surface area contributed by atoms with Crippen LogP contribution in [0.15, 0.2) is 24.3 Å². The molecule has 0 unspecified atom stereocenters. The Morgan fingerprint density at radius 1 is 1.37 bits per heavy atom. The van der Waals surface area contributed by atoms with Gasteiger partial charge in [-0.15, -0.1) is 12.4 Å². The molecule has 3 nitrogen and oxygen atoms in total. The zero-order valence-electron chi connectivity index (χ0n) is 11.3. The SMILES string of the molecule is CCCN1CCC[C@@]2(C1)C(=O)Nc1ccccc12.Cl. The van der Waals surface area contributed by atoms with E-state index in [0.717, 1.165) is 44.6 Å². The Hall–Kier alpha value is -1.06. The van der Waals surface area contributed by atoms with E-state index in [4.69, 9.17) is 0 Å². The van der Waals surface area contributed by atoms with E-state index in [1.165, 1.54) is 5.56 Å². The van der Waals surface area contributed by atoms with E-state index >= 15 is 0 Å². The third-order valence-corrected chi connectivity index (χ3v) is 4.24. The van der Waals surface area contributed by atoms with Gasteiger partial charge >= 0.3 is 0 Å². The fourth-order valence-electron chi connectivity index (χ4n) is 3.43. The Kier molecular flexibility index (Phi) is 4.16. The third kappa shape index (κ3) is 2.26. The molecular weight excluding hydrogens is 260 g/mol. The van der Waals surface area contributed by atoms with Crippen molar-refractivity contribution in [1.82, 2.24) is 4.90 Å². The molecule has 0 radical (unpaired) electrons. The highest BCUT2D eigenvalue weighted by Gasteiger charge is 2.48. The summed E-state index contributed by atoms with van der Waals surface area (Å²) in [6.07, 6.45) is 3.25. The van der Waals surface area contributed by atoms with E-state index in [1.54, 1.807) is 0 Å². The van der Waals surface area contributed by atoms with Crippen molar-refractivity contribution < 1.29 is 4.79 Å². The molecule has 19 heavy (non-hydrogen) atoms. The van der Waals surface area contributed by atoms with E-state index < -0.39 is 0 Å². The Balaban J connectivity index is 0.00000133. The van der Waals surface area contributed by atoms with Gasteiger partial charge in [0.15, 0.2) is 0 Å². The van der Waals surface area contributed by atoms with Crippen molar-refractivity contribution in [3.05, 3.63) is 29.8 Å². The van der Waals surface area contributed by atoms with Crippen LogP contribution in [0.5, 0.6) is 0 Å². The predicted octanol–water partition coefficient (Wildman–Crippen LogP) is 2.80. The molecule has 2 aliphatic rings. The van der Waals surface area contributed by atoms with Crippen molar-refractivity contribution in [2.45, 2.75) is 31.6 Å². The number of fused-ring (bicyclic) bond motifs is 2. The quantitative estimate of drug-likeness (QED) is 0.903. The minimum atomic E-state index is -0.288. The van der Waals surface area contributed by atoms with Crippen LogP contribution >= 0.6 is 12.4 Å². The van der Waals surface area contributed by atoms with E-state index in [0.29, 0.717) is 0 Å². The number of halogens is 1. The Morgan fingerprint density at radius 3 is 2.95 bits per heavy atom. The smallest absolute Gasteiger partial charge is 0.236 e. The van der Waals surface area contributed by atoms with E-state index in [1.807, 2.05) is 18.2 Å². The highest BCUT2D eigenvalue weighted by molar-refractivity contribution is 6.06. The Morgan fingerprint density at radius 2 is 2.16 bits per heavy atom. The number of nitrogens with one attached hydrogen (secondary N) is 1. The van der Waals surface area contributed by atoms with Crippen molar-refractivity contribution in [3.63, 3.8) is 0 Å². The van der Waals surface area contributed by atoms with Crippen LogP contribution in [-0.4, -0.2) is 30.4 Å². The van der Waals surface area contributed by atoms with E-state index in [-0.39, 0.29) is 23.7 Å². The van der Waals surface area contributed by atoms with Gasteiger partial charge < -0.3 is 10.2 Å². The highest BCUT2D eigenvalue weighted by atomic mass is 35.5. The molecule has 4 heteroatoms. The molecule has 2 heterocycles. The first-order valence-electron chi connectivity index (χ1n) is 6.89. The molecule has 1 fully saturated rings. The molecule has 0 bridgehead atoms. The largest absolute Gasteiger partial charge is 0.325 e. The van der Waals surface area contributed by atoms with Gasteiger partial charge in [-0.2, -0.15) is 0 Å². The monoisotopic (exact) mass is 280 g/mol. The third-order valence-electron chi connectivity index (χ3n) is 4.24. The number of amides is 1. The van der Waals surface area contributed by atoms with E-state index in [2.05, 4.69) is 23.2 Å². The number of carbonyl (C=O) groups is 1. The summed E-state index contributed by atoms with van der Waals surface area (Å²) in [4.78, 5) is 14.9. The lowest BCUT2D eigenvalue weighted by Crippen LogP contribution is -2.50. The summed E-state index contributed by atoms with van der Waals surface area (Å²) < 4.78 is 0. The second-order valence-electron chi connectivity index (χ2n) is 5.46. The maximum atomic E-state index is 12.4. The van der Waals surface area contributed by atoms with Crippen LogP contribution in [0.3, 0.4) is 0 Å². The molecule has 1 aromatic carbocycles. The molecule has 0 aromatic heterocycles. The molecule has 104 valence electrons. The summed E-state index contributed by atoms with van der Waals surface area (Å²) in [7, 11) is 0. The van der Waals surface area contributed by atoms with Crippen LogP contribution in [0, 0.1) is 0 Å². The molecule has 3 rings (SSSR count). The molecule has 1 atom stereocenters. The molecule has 1 spiro atoms. The summed E-state index contributed by atoms with van der Waals surface area (Å²) in [6, 6.07) is 8.16. The summed E-state index contributed by atoms with van der Waals surface area (Å²) >= 11 is 0. The second-order valence-corrected chi connectivity index (χ2v) is 5.46. The first-order valence-corrected chi connectivity index (χ1v) is 6.89. The topological polar surface area (TPSA) is 32.3 Å². The number of likely N-dealkylation sites (tertiary alicyclic amines) is 1. The van der Waals surface area contributed by atoms with Crippen molar-refractivity contribution in [2.24, 2.45) is 0 Å². The molecule has 0 aliphatic carbocycles. The van der Waals surface area contributed by atoms with Gasteiger partial charge in [-0.25, -0.2) is 0 Å². The predicted molar refractivity (Wildman–Crippen MR) is 80.0 cm³/mol. The molecule has 2 aliphatic heterocycles. The molecule has 1 amide bonds. The number of rotatable bonds is 2. The average molecular weight is 281 g/mol. The summed E-state index contributed by atoms with van der Waals surface area (Å²) in [5.41, 5.74) is 1.93. The van der Waals surface area contributed by atoms with Crippen LogP contribution in [0.1, 0.15) is 31.7 Å². The highest BCUT2D eigenvalue weighted by Crippen LogP contribution is 2.43. The minimum absolute atomic E-state index is 0. The second kappa shape index (κ2) is 5.51. The number of para-hydroxylation sites is 1. The van der Waals surface area contributed by atoms with Crippen LogP contribution in [-0.2, 0) is 10.2 Å². The molecule has 1 aromatic rings. The van der Waals surface area contributed by atoms with Gasteiger partial charge in [0.05, 0.1) is 5.41 Å². The molecule has 1 saturated heterocycles. The van der Waals surface area contributed by atoms with Crippen molar-refractivity contribution in [1.29, 1.82) is 0 Å². The number of nitrogens with zero attached hydrogens (tertiary/aromatic N) is 1. The van der Waals surface area contributed by atoms with Gasteiger partial charge in [0.2, 0.25) is 5.91 Å². The zero-order chi connectivity index (χ0) is 12.6. The van der Waals surface area contributed by atoms with Crippen LogP contribution < -0.4 is 5.32 Å². The first kappa shape index (κ1) is 14.4. The average Bonchev–Trinajstić information content (AvgIpc) is 2.64. The fraction of sp³-hybridized carbons (Fsp3) is 0.533. The van der Waals surface area contributed by atoms with Crippen molar-refractivity contribution in [3.8, 4) is 0 Å². The van der Waals surface area contributed by atoms with Gasteiger partial charge in [-0.1, -0.05) is 25.1 Å². The number of benzene rings is 1. The Labute approximate surface area is 120 Å². The van der Waals surface area contributed by atoms with Gasteiger partial charge in [-0.3, -0.25) is 4.79 Å². The van der Waals surface area contributed by atoms with Crippen molar-refractivity contribution >= 4 is 24.0 Å². The lowest BCUT2D eigenvalue weighted by Gasteiger charge is -2.39. The maximum absolute atomic E-state index is 12.4. The normalized spacial score (nSPS) is 25.8. The van der Waals surface area contributed by atoms with Crippen LogP contribution in [0.25, 0.3) is 0 Å². The summed E-state index contributed by atoms with van der Waals surface area (Å²) in [6.45, 7) is 5.30. The van der Waals surface area contributed by atoms with Crippen LogP contribution in [0.2, 0.25) is 0 Å². The fourth-order valence-corrected chi connectivity index (χ4v) is 3.43. The zero-order valence-corrected chi connectivity index (χ0v) is 12.1. The molecule has 1 N–H and O–H groups in total. The Bertz CT molecular complexity index is 475. The standard InChI is InChI=1S/C15H20N2O.ClH/c1-2-9-17-10-5-8-15(11-17)12-6-3-4-7-13(12)16-14(15)18;/h3-4,6-7H,2,5,8-11H2,1H3,(H,16,18);1H/t15-;/m0./s1. The van der Waals surface area contributed by atoms with Gasteiger partial charge in [0, 0.05) is 12.2 Å². The number of carbonyl (C=O) groups excluding carboxylic acids is 1. The summed E-state index contributed by atoms with van der Waals surface area (Å²) in [5, 5.41) is 3.05. The number of piperidine rings is 1.